The normalized spacial score (nSPS) is 16.7. The highest BCUT2D eigenvalue weighted by molar-refractivity contribution is 5.21. The van der Waals surface area contributed by atoms with Crippen molar-refractivity contribution in [3.05, 3.63) is 72.7 Å². The van der Waals surface area contributed by atoms with Gasteiger partial charge in [0.25, 0.3) is 5.56 Å². The average molecular weight is 476 g/mol. The number of aryl methyl sites for hydroxylation is 2. The van der Waals surface area contributed by atoms with Crippen LogP contribution in [0.1, 0.15) is 98.6 Å². The molecule has 2 heterocycles. The van der Waals surface area contributed by atoms with Crippen LogP contribution in [0.15, 0.2) is 33.9 Å². The van der Waals surface area contributed by atoms with E-state index in [4.69, 9.17) is 5.11 Å². The zero-order valence-electron chi connectivity index (χ0n) is 20.7. The molecule has 190 valence electrons. The zero-order chi connectivity index (χ0) is 25.1. The SMILES string of the molecule is Cc1cc(C2CCCCC2)n(O)c(=O)c1.Cc1cc(C2CCCCC2)n([O-])c(=O)c1.[NH3+]CCO. The number of hydrogen-bond donors (Lipinski definition) is 3. The third-order valence-corrected chi connectivity index (χ3v) is 6.55. The van der Waals surface area contributed by atoms with E-state index < -0.39 is 5.56 Å². The van der Waals surface area contributed by atoms with E-state index in [0.29, 0.717) is 28.8 Å². The van der Waals surface area contributed by atoms with Crippen molar-refractivity contribution in [2.75, 3.05) is 13.2 Å². The minimum absolute atomic E-state index is 0.208. The smallest absolute Gasteiger partial charge is 0.283 e. The third-order valence-electron chi connectivity index (χ3n) is 6.55. The van der Waals surface area contributed by atoms with E-state index in [1.165, 1.54) is 50.7 Å². The third kappa shape index (κ3) is 8.02. The molecule has 2 fully saturated rings. The fraction of sp³-hybridized carbons (Fsp3) is 0.615. The molecular formula is C26H41N3O5. The minimum Gasteiger partial charge on any atom is -0.803 e. The maximum Gasteiger partial charge on any atom is 0.283 e. The highest BCUT2D eigenvalue weighted by atomic mass is 16.5. The van der Waals surface area contributed by atoms with E-state index in [1.54, 1.807) is 0 Å². The number of aliphatic hydroxyl groups excluding tert-OH is 1. The molecule has 2 aliphatic rings. The van der Waals surface area contributed by atoms with E-state index >= 15 is 0 Å². The van der Waals surface area contributed by atoms with Gasteiger partial charge in [-0.1, -0.05) is 38.5 Å². The van der Waals surface area contributed by atoms with Gasteiger partial charge in [0, 0.05) is 23.7 Å². The lowest BCUT2D eigenvalue weighted by atomic mass is 9.86. The van der Waals surface area contributed by atoms with E-state index in [2.05, 4.69) is 5.73 Å². The summed E-state index contributed by atoms with van der Waals surface area (Å²) in [6.45, 7) is 4.60. The predicted molar refractivity (Wildman–Crippen MR) is 133 cm³/mol. The first kappa shape index (κ1) is 27.7. The summed E-state index contributed by atoms with van der Waals surface area (Å²) in [5.74, 6) is 0.653. The molecule has 5 N–H and O–H groups in total. The van der Waals surface area contributed by atoms with Gasteiger partial charge in [-0.05, 0) is 68.7 Å². The van der Waals surface area contributed by atoms with Gasteiger partial charge < -0.3 is 26.0 Å². The summed E-state index contributed by atoms with van der Waals surface area (Å²) in [5.41, 5.74) is 5.93. The van der Waals surface area contributed by atoms with Crippen molar-refractivity contribution in [1.82, 2.24) is 9.46 Å². The maximum atomic E-state index is 11.6. The van der Waals surface area contributed by atoms with Crippen molar-refractivity contribution >= 4 is 0 Å². The molecule has 0 radical (unpaired) electrons. The molecule has 0 amide bonds. The van der Waals surface area contributed by atoms with Crippen LogP contribution < -0.4 is 16.9 Å². The van der Waals surface area contributed by atoms with Gasteiger partial charge in [-0.15, -0.1) is 0 Å². The first-order valence-electron chi connectivity index (χ1n) is 12.5. The van der Waals surface area contributed by atoms with Gasteiger partial charge in [0.1, 0.15) is 0 Å². The van der Waals surface area contributed by atoms with Gasteiger partial charge in [0.05, 0.1) is 18.8 Å². The Balaban J connectivity index is 0.000000208. The second kappa shape index (κ2) is 14.0. The lowest BCUT2D eigenvalue weighted by Gasteiger charge is -2.27. The van der Waals surface area contributed by atoms with Crippen LogP contribution in [0.4, 0.5) is 0 Å². The van der Waals surface area contributed by atoms with Crippen LogP contribution >= 0.6 is 0 Å². The average Bonchev–Trinajstić information content (AvgIpc) is 2.85. The molecule has 0 atom stereocenters. The van der Waals surface area contributed by atoms with Gasteiger partial charge in [0.2, 0.25) is 5.56 Å². The monoisotopic (exact) mass is 475 g/mol. The second-order valence-electron chi connectivity index (χ2n) is 9.44. The van der Waals surface area contributed by atoms with Crippen LogP contribution in [0.5, 0.6) is 0 Å². The molecule has 4 rings (SSSR count). The molecule has 2 saturated carbocycles. The number of hydrogen-bond acceptors (Lipinski definition) is 5. The summed E-state index contributed by atoms with van der Waals surface area (Å²) >= 11 is 0. The van der Waals surface area contributed by atoms with Crippen molar-refractivity contribution in [2.45, 2.75) is 89.9 Å². The van der Waals surface area contributed by atoms with E-state index in [0.717, 1.165) is 47.2 Å². The Kier molecular flexibility index (Phi) is 11.4. The summed E-state index contributed by atoms with van der Waals surface area (Å²) in [5, 5.41) is 29.1. The van der Waals surface area contributed by atoms with E-state index in [1.807, 2.05) is 26.0 Å². The van der Waals surface area contributed by atoms with Crippen molar-refractivity contribution in [2.24, 2.45) is 0 Å². The molecule has 0 spiro atoms. The lowest BCUT2D eigenvalue weighted by Crippen LogP contribution is -2.51. The molecule has 8 nitrogen and oxygen atoms in total. The van der Waals surface area contributed by atoms with Crippen molar-refractivity contribution in [1.29, 1.82) is 0 Å². The van der Waals surface area contributed by atoms with Gasteiger partial charge in [-0.2, -0.15) is 4.73 Å². The molecular weight excluding hydrogens is 434 g/mol. The van der Waals surface area contributed by atoms with Crippen LogP contribution in [-0.2, 0) is 0 Å². The van der Waals surface area contributed by atoms with Gasteiger partial charge in [0.15, 0.2) is 0 Å². The first-order chi connectivity index (χ1) is 16.3. The molecule has 2 aromatic heterocycles. The highest BCUT2D eigenvalue weighted by Gasteiger charge is 2.19. The molecule has 0 aliphatic heterocycles. The van der Waals surface area contributed by atoms with E-state index in [9.17, 15) is 20.0 Å². The summed E-state index contributed by atoms with van der Waals surface area (Å²) in [4.78, 5) is 22.8. The Morgan fingerprint density at radius 1 is 0.824 bits per heavy atom. The van der Waals surface area contributed by atoms with Gasteiger partial charge in [-0.3, -0.25) is 9.59 Å². The number of pyridine rings is 2. The Hall–Kier alpha value is -2.58. The van der Waals surface area contributed by atoms with Crippen LogP contribution in [0, 0.1) is 19.1 Å². The summed E-state index contributed by atoms with van der Waals surface area (Å²) in [6.07, 6.45) is 11.5. The summed E-state index contributed by atoms with van der Waals surface area (Å²) < 4.78 is 1.39. The van der Waals surface area contributed by atoms with Gasteiger partial charge >= 0.3 is 0 Å². The largest absolute Gasteiger partial charge is 0.803 e. The molecule has 2 aromatic rings. The summed E-state index contributed by atoms with van der Waals surface area (Å²) in [7, 11) is 0. The fourth-order valence-electron chi connectivity index (χ4n) is 4.80. The van der Waals surface area contributed by atoms with Gasteiger partial charge in [-0.25, -0.2) is 0 Å². The Morgan fingerprint density at radius 3 is 1.71 bits per heavy atom. The first-order valence-corrected chi connectivity index (χ1v) is 12.5. The topological polar surface area (TPSA) is 135 Å². The number of aliphatic hydroxyl groups is 1. The summed E-state index contributed by atoms with van der Waals surface area (Å²) in [6, 6.07) is 6.66. The molecule has 0 saturated heterocycles. The number of rotatable bonds is 3. The van der Waals surface area contributed by atoms with Crippen LogP contribution in [0.25, 0.3) is 0 Å². The van der Waals surface area contributed by atoms with Crippen LogP contribution in [0.2, 0.25) is 0 Å². The number of quaternary nitrogens is 1. The molecule has 0 aromatic carbocycles. The quantitative estimate of drug-likeness (QED) is 0.586. The van der Waals surface area contributed by atoms with Crippen LogP contribution in [-0.4, -0.2) is 32.9 Å². The Bertz CT molecular complexity index is 921. The standard InChI is InChI=1S/C12H17NO2.C12H16NO2.C2H7NO/c2*1-9-7-11(13(15)12(14)8-9)10-5-3-2-4-6-10;3-1-2-4/h7-8,10,15H,2-6H2,1H3;7-8,10H,2-6H2,1H3;4H,1-3H2/q;-1;/p+1. The van der Waals surface area contributed by atoms with Crippen LogP contribution in [0.3, 0.4) is 0 Å². The molecule has 34 heavy (non-hydrogen) atoms. The molecule has 0 unspecified atom stereocenters. The maximum absolute atomic E-state index is 11.6. The predicted octanol–water partition coefficient (Wildman–Crippen LogP) is 3.21. The molecule has 2 aliphatic carbocycles. The fourth-order valence-corrected chi connectivity index (χ4v) is 4.80. The molecule has 0 bridgehead atoms. The Morgan fingerprint density at radius 2 is 1.24 bits per heavy atom. The lowest BCUT2D eigenvalue weighted by molar-refractivity contribution is -0.372. The second-order valence-corrected chi connectivity index (χ2v) is 9.44. The van der Waals surface area contributed by atoms with Crippen molar-refractivity contribution in [3.63, 3.8) is 0 Å². The minimum atomic E-state index is -0.421. The molecule has 8 heteroatoms. The number of aromatic nitrogens is 2. The highest BCUT2D eigenvalue weighted by Crippen LogP contribution is 2.32. The zero-order valence-corrected chi connectivity index (χ0v) is 20.7. The number of nitrogens with zero attached hydrogens (tertiary/aromatic N) is 2. The van der Waals surface area contributed by atoms with Crippen molar-refractivity contribution < 1.29 is 16.0 Å². The van der Waals surface area contributed by atoms with E-state index in [-0.39, 0.29) is 12.2 Å². The Labute approximate surface area is 201 Å². The van der Waals surface area contributed by atoms with Crippen molar-refractivity contribution in [3.8, 4) is 0 Å².